The molecular formula is C57H35N3O. The van der Waals surface area contributed by atoms with Crippen LogP contribution in [-0.4, -0.2) is 14.5 Å². The highest BCUT2D eigenvalue weighted by molar-refractivity contribution is 6.14. The van der Waals surface area contributed by atoms with Gasteiger partial charge in [0.05, 0.1) is 16.4 Å². The van der Waals surface area contributed by atoms with Crippen LogP contribution in [0.1, 0.15) is 35.1 Å². The molecule has 3 aliphatic carbocycles. The standard InChI is InChI=1S/C57H35N3O/c1-2-16-35-33-50-44(32-34(35)15-1)40-21-6-11-29-49(40)60(50)37-18-13-17-36(31-37)56-58-53-42-23-7-12-30-51(42)61-55(53)54(59-56)43-24-14-28-48-52(43)41-22-5-10-27-47(41)57(48)45-25-8-3-19-38(45)39-20-4-9-26-46(39)57/h1-4,6-21,23-33H,5,22H2. The van der Waals surface area contributed by atoms with Crippen molar-refractivity contribution in [2.75, 3.05) is 0 Å². The Morgan fingerprint density at radius 1 is 0.541 bits per heavy atom. The van der Waals surface area contributed by atoms with E-state index >= 15 is 0 Å². The second-order valence-electron chi connectivity index (χ2n) is 16.7. The van der Waals surface area contributed by atoms with E-state index in [1.54, 1.807) is 0 Å². The zero-order valence-electron chi connectivity index (χ0n) is 33.1. The molecule has 8 aromatic carbocycles. The zero-order chi connectivity index (χ0) is 39.8. The largest absolute Gasteiger partial charge is 0.452 e. The molecule has 3 aromatic heterocycles. The lowest BCUT2D eigenvalue weighted by atomic mass is 9.69. The van der Waals surface area contributed by atoms with Gasteiger partial charge in [0.25, 0.3) is 0 Å². The highest BCUT2D eigenvalue weighted by atomic mass is 16.3. The number of para-hydroxylation sites is 2. The highest BCUT2D eigenvalue weighted by Crippen LogP contribution is 2.64. The number of furan rings is 1. The lowest BCUT2D eigenvalue weighted by Gasteiger charge is -2.32. The maximum absolute atomic E-state index is 6.81. The summed E-state index contributed by atoms with van der Waals surface area (Å²) in [4.78, 5) is 11.0. The van der Waals surface area contributed by atoms with Crippen molar-refractivity contribution in [3.05, 3.63) is 216 Å². The van der Waals surface area contributed by atoms with E-state index in [0.29, 0.717) is 11.4 Å². The summed E-state index contributed by atoms with van der Waals surface area (Å²) in [6, 6.07) is 63.8. The first kappa shape index (κ1) is 33.1. The Labute approximate surface area is 351 Å². The molecule has 3 heterocycles. The minimum Gasteiger partial charge on any atom is -0.452 e. The van der Waals surface area contributed by atoms with Gasteiger partial charge in [0.15, 0.2) is 11.4 Å². The molecule has 0 amide bonds. The van der Waals surface area contributed by atoms with Crippen LogP contribution in [0.25, 0.3) is 99.7 Å². The van der Waals surface area contributed by atoms with E-state index in [1.807, 2.05) is 12.1 Å². The zero-order valence-corrected chi connectivity index (χ0v) is 33.1. The number of nitrogens with zero attached hydrogens (tertiary/aromatic N) is 3. The smallest absolute Gasteiger partial charge is 0.180 e. The first-order chi connectivity index (χ1) is 30.3. The number of fused-ring (bicyclic) bond motifs is 16. The molecular weight excluding hydrogens is 743 g/mol. The Hall–Kier alpha value is -7.82. The summed E-state index contributed by atoms with van der Waals surface area (Å²) in [6.07, 6.45) is 6.72. The van der Waals surface area contributed by atoms with Gasteiger partial charge < -0.3 is 8.98 Å². The average Bonchev–Trinajstić information content (AvgIpc) is 4.04. The number of hydrogen-bond acceptors (Lipinski definition) is 3. The summed E-state index contributed by atoms with van der Waals surface area (Å²) in [5, 5.41) is 5.90. The molecule has 0 bridgehead atoms. The fourth-order valence-electron chi connectivity index (χ4n) is 11.2. The monoisotopic (exact) mass is 777 g/mol. The molecule has 0 saturated carbocycles. The van der Waals surface area contributed by atoms with Gasteiger partial charge >= 0.3 is 0 Å². The van der Waals surface area contributed by atoms with Gasteiger partial charge in [-0.1, -0.05) is 146 Å². The Balaban J connectivity index is 1.03. The fraction of sp³-hybridized carbons (Fsp3) is 0.0526. The van der Waals surface area contributed by atoms with Crippen molar-refractivity contribution in [1.29, 1.82) is 0 Å². The molecule has 284 valence electrons. The first-order valence-electron chi connectivity index (χ1n) is 21.2. The molecule has 0 N–H and O–H groups in total. The molecule has 0 saturated heterocycles. The van der Waals surface area contributed by atoms with Gasteiger partial charge in [0.1, 0.15) is 16.8 Å². The van der Waals surface area contributed by atoms with Gasteiger partial charge in [-0.2, -0.15) is 0 Å². The van der Waals surface area contributed by atoms with E-state index < -0.39 is 5.41 Å². The van der Waals surface area contributed by atoms with E-state index in [1.165, 1.54) is 71.6 Å². The van der Waals surface area contributed by atoms with Crippen LogP contribution in [0, 0.1) is 0 Å². The van der Waals surface area contributed by atoms with Crippen molar-refractivity contribution in [3.8, 4) is 39.5 Å². The van der Waals surface area contributed by atoms with Crippen LogP contribution >= 0.6 is 0 Å². The van der Waals surface area contributed by atoms with Crippen molar-refractivity contribution in [2.45, 2.75) is 18.3 Å². The third-order valence-electron chi connectivity index (χ3n) is 13.7. The maximum atomic E-state index is 6.81. The lowest BCUT2D eigenvalue weighted by Crippen LogP contribution is -2.27. The van der Waals surface area contributed by atoms with Crippen molar-refractivity contribution in [1.82, 2.24) is 14.5 Å². The van der Waals surface area contributed by atoms with E-state index in [-0.39, 0.29) is 0 Å². The number of allylic oxidation sites excluding steroid dienone is 4. The Morgan fingerprint density at radius 3 is 2.08 bits per heavy atom. The van der Waals surface area contributed by atoms with Crippen molar-refractivity contribution < 1.29 is 4.42 Å². The van der Waals surface area contributed by atoms with Gasteiger partial charge in [0.2, 0.25) is 0 Å². The normalized spacial score (nSPS) is 14.8. The number of benzene rings is 8. The summed E-state index contributed by atoms with van der Waals surface area (Å²) < 4.78 is 9.20. The Morgan fingerprint density at radius 2 is 1.23 bits per heavy atom. The van der Waals surface area contributed by atoms with Crippen molar-refractivity contribution >= 4 is 60.2 Å². The van der Waals surface area contributed by atoms with Crippen LogP contribution < -0.4 is 0 Å². The maximum Gasteiger partial charge on any atom is 0.180 e. The predicted molar refractivity (Wildman–Crippen MR) is 249 cm³/mol. The molecule has 61 heavy (non-hydrogen) atoms. The lowest BCUT2D eigenvalue weighted by molar-refractivity contribution is 0.667. The summed E-state index contributed by atoms with van der Waals surface area (Å²) in [6.45, 7) is 0. The molecule has 14 rings (SSSR count). The number of rotatable bonds is 3. The number of aromatic nitrogens is 3. The van der Waals surface area contributed by atoms with Crippen LogP contribution in [0.5, 0.6) is 0 Å². The van der Waals surface area contributed by atoms with Gasteiger partial charge in [-0.15, -0.1) is 0 Å². The molecule has 1 spiro atoms. The molecule has 0 unspecified atom stereocenters. The molecule has 0 radical (unpaired) electrons. The molecule has 4 nitrogen and oxygen atoms in total. The van der Waals surface area contributed by atoms with Gasteiger partial charge in [-0.25, -0.2) is 9.97 Å². The molecule has 4 heteroatoms. The second kappa shape index (κ2) is 12.1. The topological polar surface area (TPSA) is 43.9 Å². The summed E-state index contributed by atoms with van der Waals surface area (Å²) >= 11 is 0. The Bertz CT molecular complexity index is 3740. The minimum absolute atomic E-state index is 0.421. The first-order valence-corrected chi connectivity index (χ1v) is 21.2. The third kappa shape index (κ3) is 4.33. The average molecular weight is 778 g/mol. The molecule has 3 aliphatic rings. The van der Waals surface area contributed by atoms with Crippen LogP contribution in [0.4, 0.5) is 0 Å². The van der Waals surface area contributed by atoms with E-state index in [0.717, 1.165) is 57.4 Å². The van der Waals surface area contributed by atoms with Crippen LogP contribution in [-0.2, 0) is 5.41 Å². The van der Waals surface area contributed by atoms with Gasteiger partial charge in [-0.05, 0) is 111 Å². The Kier molecular flexibility index (Phi) is 6.57. The van der Waals surface area contributed by atoms with Gasteiger partial charge in [0, 0.05) is 33.0 Å². The van der Waals surface area contributed by atoms with Crippen LogP contribution in [0.3, 0.4) is 0 Å². The molecule has 0 fully saturated rings. The van der Waals surface area contributed by atoms with Crippen molar-refractivity contribution in [2.24, 2.45) is 0 Å². The third-order valence-corrected chi connectivity index (χ3v) is 13.7. The van der Waals surface area contributed by atoms with Gasteiger partial charge in [-0.3, -0.25) is 0 Å². The van der Waals surface area contributed by atoms with Crippen LogP contribution in [0.2, 0.25) is 0 Å². The molecule has 0 atom stereocenters. The van der Waals surface area contributed by atoms with E-state index in [9.17, 15) is 0 Å². The second-order valence-corrected chi connectivity index (χ2v) is 16.7. The minimum atomic E-state index is -0.421. The number of hydrogen-bond donors (Lipinski definition) is 0. The molecule has 11 aromatic rings. The summed E-state index contributed by atoms with van der Waals surface area (Å²) in [5.41, 5.74) is 18.8. The SMILES string of the molecule is C1=CC2=C(CC1)c1c(-c3nc(-c4cccc(-n5c6ccccc6c6cc7ccccc7cc65)c4)nc4c3oc3ccccc34)cccc1C21c2ccccc2-c2ccccc21. The summed E-state index contributed by atoms with van der Waals surface area (Å²) in [7, 11) is 0. The predicted octanol–water partition coefficient (Wildman–Crippen LogP) is 14.4. The van der Waals surface area contributed by atoms with Crippen LogP contribution in [0.15, 0.2) is 198 Å². The van der Waals surface area contributed by atoms with Crippen molar-refractivity contribution in [3.63, 3.8) is 0 Å². The summed E-state index contributed by atoms with van der Waals surface area (Å²) in [5.74, 6) is 0.668. The quantitative estimate of drug-likeness (QED) is 0.179. The van der Waals surface area contributed by atoms with E-state index in [2.05, 4.69) is 181 Å². The highest BCUT2D eigenvalue weighted by Gasteiger charge is 2.53. The van der Waals surface area contributed by atoms with E-state index in [4.69, 9.17) is 14.4 Å². The molecule has 0 aliphatic heterocycles. The fourth-order valence-corrected chi connectivity index (χ4v) is 11.2.